The summed E-state index contributed by atoms with van der Waals surface area (Å²) in [6.07, 6.45) is 3.18. The van der Waals surface area contributed by atoms with Gasteiger partial charge in [-0.1, -0.05) is 41.4 Å². The average Bonchev–Trinajstić information content (AvgIpc) is 2.55. The van der Waals surface area contributed by atoms with Gasteiger partial charge in [-0.15, -0.1) is 0 Å². The normalized spacial score (nSPS) is 11.2. The Balaban J connectivity index is 2.10. The zero-order valence-corrected chi connectivity index (χ0v) is 14.6. The molecule has 0 radical (unpaired) electrons. The van der Waals surface area contributed by atoms with E-state index in [2.05, 4.69) is 9.71 Å². The number of hydrogen-bond donors (Lipinski definition) is 1. The number of halogens is 2. The van der Waals surface area contributed by atoms with Crippen molar-refractivity contribution in [1.29, 1.82) is 0 Å². The van der Waals surface area contributed by atoms with Gasteiger partial charge >= 0.3 is 0 Å². The van der Waals surface area contributed by atoms with Crippen molar-refractivity contribution in [2.24, 2.45) is 0 Å². The SMILES string of the molecule is O=S(=O)(Nc1cccc(Cl)c1)c1cccc(Cl)c1-c1cccnc1. The minimum atomic E-state index is -3.85. The fourth-order valence-electron chi connectivity index (χ4n) is 2.28. The summed E-state index contributed by atoms with van der Waals surface area (Å²) < 4.78 is 28.2. The molecule has 0 bridgehead atoms. The highest BCUT2D eigenvalue weighted by atomic mass is 35.5. The van der Waals surface area contributed by atoms with Gasteiger partial charge < -0.3 is 0 Å². The summed E-state index contributed by atoms with van der Waals surface area (Å²) in [4.78, 5) is 4.10. The average molecular weight is 379 g/mol. The predicted molar refractivity (Wildman–Crippen MR) is 96.9 cm³/mol. The first-order valence-electron chi connectivity index (χ1n) is 6.95. The van der Waals surface area contributed by atoms with Crippen molar-refractivity contribution in [3.05, 3.63) is 77.0 Å². The molecule has 122 valence electrons. The molecule has 0 aliphatic rings. The minimum absolute atomic E-state index is 0.0722. The van der Waals surface area contributed by atoms with Crippen molar-refractivity contribution in [3.8, 4) is 11.1 Å². The lowest BCUT2D eigenvalue weighted by Gasteiger charge is -2.14. The summed E-state index contributed by atoms with van der Waals surface area (Å²) >= 11 is 12.2. The van der Waals surface area contributed by atoms with Crippen LogP contribution in [0.1, 0.15) is 0 Å². The lowest BCUT2D eigenvalue weighted by molar-refractivity contribution is 0.601. The molecule has 0 atom stereocenters. The molecule has 1 aromatic heterocycles. The minimum Gasteiger partial charge on any atom is -0.280 e. The highest BCUT2D eigenvalue weighted by Crippen LogP contribution is 2.34. The molecule has 0 aliphatic heterocycles. The number of anilines is 1. The van der Waals surface area contributed by atoms with Crippen molar-refractivity contribution >= 4 is 38.9 Å². The Morgan fingerprint density at radius 1 is 0.958 bits per heavy atom. The summed E-state index contributed by atoms with van der Waals surface area (Å²) in [6, 6.07) is 14.7. The zero-order chi connectivity index (χ0) is 17.2. The van der Waals surface area contributed by atoms with E-state index in [0.717, 1.165) is 0 Å². The number of benzene rings is 2. The number of nitrogens with zero attached hydrogens (tertiary/aromatic N) is 1. The van der Waals surface area contributed by atoms with Crippen LogP contribution in [0.25, 0.3) is 11.1 Å². The Labute approximate surface area is 150 Å². The number of rotatable bonds is 4. The van der Waals surface area contributed by atoms with E-state index >= 15 is 0 Å². The van der Waals surface area contributed by atoms with Crippen molar-refractivity contribution in [2.75, 3.05) is 4.72 Å². The number of pyridine rings is 1. The van der Waals surface area contributed by atoms with Crippen molar-refractivity contribution in [3.63, 3.8) is 0 Å². The fourth-order valence-corrected chi connectivity index (χ4v) is 4.11. The summed E-state index contributed by atoms with van der Waals surface area (Å²) in [5, 5.41) is 0.769. The molecule has 0 aliphatic carbocycles. The quantitative estimate of drug-likeness (QED) is 0.705. The van der Waals surface area contributed by atoms with Gasteiger partial charge in [0.15, 0.2) is 0 Å². The summed E-state index contributed by atoms with van der Waals surface area (Å²) in [5.74, 6) is 0. The van der Waals surface area contributed by atoms with E-state index in [0.29, 0.717) is 26.9 Å². The first kappa shape index (κ1) is 16.8. The Morgan fingerprint density at radius 2 is 1.75 bits per heavy atom. The molecule has 24 heavy (non-hydrogen) atoms. The molecule has 3 aromatic rings. The maximum Gasteiger partial charge on any atom is 0.262 e. The van der Waals surface area contributed by atoms with Crippen LogP contribution in [0.3, 0.4) is 0 Å². The fraction of sp³-hybridized carbons (Fsp3) is 0. The number of hydrogen-bond acceptors (Lipinski definition) is 3. The second kappa shape index (κ2) is 6.81. The molecule has 0 saturated carbocycles. The molecular weight excluding hydrogens is 367 g/mol. The topological polar surface area (TPSA) is 59.1 Å². The molecule has 3 rings (SSSR count). The third kappa shape index (κ3) is 3.53. The molecule has 0 fully saturated rings. The number of aromatic nitrogens is 1. The van der Waals surface area contributed by atoms with Crippen molar-refractivity contribution in [2.45, 2.75) is 4.90 Å². The van der Waals surface area contributed by atoms with Gasteiger partial charge in [0.05, 0.1) is 10.6 Å². The largest absolute Gasteiger partial charge is 0.280 e. The van der Waals surface area contributed by atoms with Crippen LogP contribution in [0.15, 0.2) is 71.9 Å². The van der Waals surface area contributed by atoms with Gasteiger partial charge in [-0.2, -0.15) is 0 Å². The maximum atomic E-state index is 12.8. The highest BCUT2D eigenvalue weighted by molar-refractivity contribution is 7.92. The summed E-state index contributed by atoms with van der Waals surface area (Å²) in [7, 11) is -3.85. The molecule has 4 nitrogen and oxygen atoms in total. The maximum absolute atomic E-state index is 12.8. The van der Waals surface area contributed by atoms with Crippen LogP contribution in [0.5, 0.6) is 0 Å². The van der Waals surface area contributed by atoms with Crippen LogP contribution in [0.2, 0.25) is 10.0 Å². The van der Waals surface area contributed by atoms with E-state index in [-0.39, 0.29) is 4.90 Å². The van der Waals surface area contributed by atoms with E-state index < -0.39 is 10.0 Å². The molecule has 0 spiro atoms. The second-order valence-corrected chi connectivity index (χ2v) is 7.46. The molecule has 1 heterocycles. The predicted octanol–water partition coefficient (Wildman–Crippen LogP) is 4.86. The molecule has 0 amide bonds. The third-order valence-corrected chi connectivity index (χ3v) is 5.27. The van der Waals surface area contributed by atoms with Gasteiger partial charge in [-0.05, 0) is 36.4 Å². The molecular formula is C17H12Cl2N2O2S. The van der Waals surface area contributed by atoms with Gasteiger partial charge in [-0.25, -0.2) is 8.42 Å². The molecule has 1 N–H and O–H groups in total. The second-order valence-electron chi connectivity index (χ2n) is 4.97. The monoisotopic (exact) mass is 378 g/mol. The van der Waals surface area contributed by atoms with Crippen LogP contribution < -0.4 is 4.72 Å². The van der Waals surface area contributed by atoms with Crippen LogP contribution in [0.4, 0.5) is 5.69 Å². The zero-order valence-electron chi connectivity index (χ0n) is 12.3. The van der Waals surface area contributed by atoms with Crippen LogP contribution >= 0.6 is 23.2 Å². The molecule has 0 saturated heterocycles. The third-order valence-electron chi connectivity index (χ3n) is 3.29. The van der Waals surface area contributed by atoms with Crippen LogP contribution in [-0.2, 0) is 10.0 Å². The van der Waals surface area contributed by atoms with E-state index in [1.54, 1.807) is 54.9 Å². The van der Waals surface area contributed by atoms with Gasteiger partial charge in [0.2, 0.25) is 0 Å². The standard InChI is InChI=1S/C17H12Cl2N2O2S/c18-13-5-1-6-14(10-13)21-24(22,23)16-8-2-7-15(19)17(16)12-4-3-9-20-11-12/h1-11,21H. The molecule has 7 heteroatoms. The van der Waals surface area contributed by atoms with E-state index in [4.69, 9.17) is 23.2 Å². The van der Waals surface area contributed by atoms with Gasteiger partial charge in [0.1, 0.15) is 0 Å². The van der Waals surface area contributed by atoms with E-state index in [9.17, 15) is 8.42 Å². The summed E-state index contributed by atoms with van der Waals surface area (Å²) in [6.45, 7) is 0. The van der Waals surface area contributed by atoms with E-state index in [1.165, 1.54) is 12.1 Å². The van der Waals surface area contributed by atoms with Crippen LogP contribution in [0, 0.1) is 0 Å². The van der Waals surface area contributed by atoms with Gasteiger partial charge in [-0.3, -0.25) is 9.71 Å². The van der Waals surface area contributed by atoms with Crippen molar-refractivity contribution < 1.29 is 8.42 Å². The Kier molecular flexibility index (Phi) is 4.76. The Hall–Kier alpha value is -2.08. The first-order chi connectivity index (χ1) is 11.5. The lowest BCUT2D eigenvalue weighted by atomic mass is 10.1. The number of sulfonamides is 1. The van der Waals surface area contributed by atoms with Crippen LogP contribution in [-0.4, -0.2) is 13.4 Å². The van der Waals surface area contributed by atoms with Gasteiger partial charge in [0, 0.05) is 33.6 Å². The first-order valence-corrected chi connectivity index (χ1v) is 9.18. The molecule has 0 unspecified atom stereocenters. The van der Waals surface area contributed by atoms with Gasteiger partial charge in [0.25, 0.3) is 10.0 Å². The van der Waals surface area contributed by atoms with E-state index in [1.807, 2.05) is 0 Å². The Morgan fingerprint density at radius 3 is 2.46 bits per heavy atom. The Bertz CT molecular complexity index is 977. The lowest BCUT2D eigenvalue weighted by Crippen LogP contribution is -2.14. The highest BCUT2D eigenvalue weighted by Gasteiger charge is 2.21. The number of nitrogens with one attached hydrogen (secondary N) is 1. The summed E-state index contributed by atoms with van der Waals surface area (Å²) in [5.41, 5.74) is 1.40. The van der Waals surface area contributed by atoms with Crippen molar-refractivity contribution in [1.82, 2.24) is 4.98 Å². The smallest absolute Gasteiger partial charge is 0.262 e. The molecule has 2 aromatic carbocycles.